The number of carbonyl (C=O) groups excluding carboxylic acids is 1. The van der Waals surface area contributed by atoms with Crippen LogP contribution in [0.2, 0.25) is 0 Å². The van der Waals surface area contributed by atoms with E-state index < -0.39 is 13.9 Å². The Morgan fingerprint density at radius 1 is 0.593 bits per heavy atom. The van der Waals surface area contributed by atoms with Gasteiger partial charge in [0.2, 0.25) is 0 Å². The summed E-state index contributed by atoms with van der Waals surface area (Å²) in [6, 6.07) is 0. The molecule has 0 aromatic rings. The molecule has 0 radical (unpaired) electrons. The maximum absolute atomic E-state index is 12.7. The maximum Gasteiger partial charge on any atom is 0.472 e. The summed E-state index contributed by atoms with van der Waals surface area (Å²) in [5.41, 5.74) is 0. The number of ether oxygens (including phenoxy) is 2. The van der Waals surface area contributed by atoms with Crippen LogP contribution in [-0.2, 0) is 27.9 Å². The summed E-state index contributed by atoms with van der Waals surface area (Å²) in [6.45, 7) is 5.44. The molecule has 0 aliphatic heterocycles. The molecule has 0 fully saturated rings. The van der Waals surface area contributed by atoms with Gasteiger partial charge in [0.25, 0.3) is 0 Å². The Balaban J connectivity index is 4.28. The number of phosphoric acid groups is 1. The molecule has 0 rings (SSSR count). The SMILES string of the molecule is CC/C=C\C/C=C\C/C=C\C/C=C\CCCCCCCCC(=O)OC(COCCCCCCCC/C=C\CCCCC)COP(=O)(O)OCC[N+](C)(C)C. The summed E-state index contributed by atoms with van der Waals surface area (Å²) in [6.07, 6.45) is 46.7. The number of allylic oxidation sites excluding steroid dienone is 10. The largest absolute Gasteiger partial charge is 0.472 e. The van der Waals surface area contributed by atoms with Gasteiger partial charge in [0.1, 0.15) is 19.3 Å². The van der Waals surface area contributed by atoms with Crippen LogP contribution in [-0.4, -0.2) is 75.6 Å². The van der Waals surface area contributed by atoms with E-state index in [0.29, 0.717) is 24.1 Å². The van der Waals surface area contributed by atoms with Gasteiger partial charge in [-0.15, -0.1) is 0 Å². The first-order valence-electron chi connectivity index (χ1n) is 21.5. The highest BCUT2D eigenvalue weighted by atomic mass is 31.2. The standard InChI is InChI=1S/C45H82NO7P/c1-6-8-10-12-14-16-18-20-21-22-23-24-25-26-28-30-32-34-36-38-45(47)53-44(43-52-54(48,49)51-41-39-46(3,4)5)42-50-40-37-35-33-31-29-27-19-17-15-13-11-9-7-2/h8,10,14-17,20-21,23-24,44H,6-7,9,11-13,18-19,22,25-43H2,1-5H3/p+1/b10-8-,16-14-,17-15-,21-20-,24-23-. The normalized spacial score (nSPS) is 14.4. The summed E-state index contributed by atoms with van der Waals surface area (Å²) >= 11 is 0. The highest BCUT2D eigenvalue weighted by Gasteiger charge is 2.26. The number of quaternary nitrogens is 1. The topological polar surface area (TPSA) is 91.3 Å². The minimum Gasteiger partial charge on any atom is -0.457 e. The van der Waals surface area contributed by atoms with E-state index >= 15 is 0 Å². The lowest BCUT2D eigenvalue weighted by molar-refractivity contribution is -0.870. The predicted octanol–water partition coefficient (Wildman–Crippen LogP) is 12.5. The third-order valence-corrected chi connectivity index (χ3v) is 9.80. The van der Waals surface area contributed by atoms with Gasteiger partial charge in [0.15, 0.2) is 0 Å². The van der Waals surface area contributed by atoms with E-state index in [9.17, 15) is 14.3 Å². The second-order valence-corrected chi connectivity index (χ2v) is 16.8. The number of nitrogens with zero attached hydrogens (tertiary/aromatic N) is 1. The van der Waals surface area contributed by atoms with Crippen molar-refractivity contribution in [3.05, 3.63) is 60.8 Å². The molecule has 0 saturated carbocycles. The number of esters is 1. The lowest BCUT2D eigenvalue weighted by Crippen LogP contribution is -2.37. The lowest BCUT2D eigenvalue weighted by Gasteiger charge is -2.24. The molecule has 1 N–H and O–H groups in total. The van der Waals surface area contributed by atoms with Crippen molar-refractivity contribution < 1.29 is 37.3 Å². The Hall–Kier alpha value is -1.80. The second kappa shape index (κ2) is 38.1. The average molecular weight is 781 g/mol. The Morgan fingerprint density at radius 2 is 1.07 bits per heavy atom. The molecule has 54 heavy (non-hydrogen) atoms. The number of likely N-dealkylation sites (N-methyl/N-ethyl adjacent to an activating group) is 1. The molecule has 0 amide bonds. The third kappa shape index (κ3) is 41.4. The molecule has 2 atom stereocenters. The summed E-state index contributed by atoms with van der Waals surface area (Å²) in [5, 5.41) is 0. The predicted molar refractivity (Wildman–Crippen MR) is 229 cm³/mol. The van der Waals surface area contributed by atoms with Crippen molar-refractivity contribution in [2.75, 3.05) is 54.1 Å². The monoisotopic (exact) mass is 781 g/mol. The van der Waals surface area contributed by atoms with E-state index in [1.807, 2.05) is 21.1 Å². The first kappa shape index (κ1) is 52.2. The van der Waals surface area contributed by atoms with E-state index in [0.717, 1.165) is 70.6 Å². The average Bonchev–Trinajstić information content (AvgIpc) is 3.12. The molecule has 0 aromatic carbocycles. The fourth-order valence-corrected chi connectivity index (χ4v) is 6.22. The van der Waals surface area contributed by atoms with E-state index in [1.165, 1.54) is 70.6 Å². The summed E-state index contributed by atoms with van der Waals surface area (Å²) < 4.78 is 34.9. The lowest BCUT2D eigenvalue weighted by atomic mass is 10.1. The van der Waals surface area contributed by atoms with Crippen LogP contribution in [0.3, 0.4) is 0 Å². The van der Waals surface area contributed by atoms with Crippen molar-refractivity contribution in [1.82, 2.24) is 0 Å². The summed E-state index contributed by atoms with van der Waals surface area (Å²) in [7, 11) is 1.64. The zero-order chi connectivity index (χ0) is 39.9. The zero-order valence-electron chi connectivity index (χ0n) is 35.4. The van der Waals surface area contributed by atoms with E-state index in [1.54, 1.807) is 0 Å². The van der Waals surface area contributed by atoms with Crippen LogP contribution in [0.4, 0.5) is 0 Å². The van der Waals surface area contributed by atoms with Gasteiger partial charge in [-0.25, -0.2) is 4.57 Å². The molecule has 9 heteroatoms. The Morgan fingerprint density at radius 3 is 1.63 bits per heavy atom. The van der Waals surface area contributed by atoms with Gasteiger partial charge in [-0.05, 0) is 77.0 Å². The van der Waals surface area contributed by atoms with Crippen LogP contribution in [0.15, 0.2) is 60.8 Å². The van der Waals surface area contributed by atoms with Crippen molar-refractivity contribution in [3.8, 4) is 0 Å². The fraction of sp³-hybridized carbons (Fsp3) is 0.756. The van der Waals surface area contributed by atoms with Crippen LogP contribution >= 0.6 is 7.82 Å². The van der Waals surface area contributed by atoms with Crippen molar-refractivity contribution in [2.24, 2.45) is 0 Å². The van der Waals surface area contributed by atoms with Crippen LogP contribution in [0.5, 0.6) is 0 Å². The number of phosphoric ester groups is 1. The molecule has 0 heterocycles. The number of hydrogen-bond acceptors (Lipinski definition) is 6. The third-order valence-electron chi connectivity index (χ3n) is 8.81. The first-order chi connectivity index (χ1) is 26.1. The summed E-state index contributed by atoms with van der Waals surface area (Å²) in [4.78, 5) is 22.9. The van der Waals surface area contributed by atoms with Crippen LogP contribution < -0.4 is 0 Å². The number of rotatable bonds is 39. The number of unbranched alkanes of at least 4 members (excludes halogenated alkanes) is 15. The first-order valence-corrected chi connectivity index (χ1v) is 23.0. The van der Waals surface area contributed by atoms with Crippen molar-refractivity contribution in [3.63, 3.8) is 0 Å². The van der Waals surface area contributed by atoms with Crippen molar-refractivity contribution in [1.29, 1.82) is 0 Å². The zero-order valence-corrected chi connectivity index (χ0v) is 36.3. The van der Waals surface area contributed by atoms with Gasteiger partial charge < -0.3 is 18.9 Å². The molecule has 0 spiro atoms. The molecule has 314 valence electrons. The van der Waals surface area contributed by atoms with Crippen molar-refractivity contribution >= 4 is 13.8 Å². The molecule has 0 aliphatic rings. The minimum atomic E-state index is -4.28. The van der Waals surface area contributed by atoms with Gasteiger partial charge >= 0.3 is 13.8 Å². The van der Waals surface area contributed by atoms with Gasteiger partial charge in [-0.3, -0.25) is 13.8 Å². The van der Waals surface area contributed by atoms with Gasteiger partial charge in [-0.2, -0.15) is 0 Å². The Bertz CT molecular complexity index is 1050. The molecule has 0 saturated heterocycles. The Labute approximate surface area is 332 Å². The maximum atomic E-state index is 12.7. The van der Waals surface area contributed by atoms with Gasteiger partial charge in [-0.1, -0.05) is 139 Å². The van der Waals surface area contributed by atoms with Crippen molar-refractivity contribution in [2.45, 2.75) is 168 Å². The summed E-state index contributed by atoms with van der Waals surface area (Å²) in [5.74, 6) is -0.332. The molecule has 0 aliphatic carbocycles. The Kier molecular flexibility index (Phi) is 36.8. The van der Waals surface area contributed by atoms with E-state index in [-0.39, 0.29) is 25.8 Å². The fourth-order valence-electron chi connectivity index (χ4n) is 5.48. The van der Waals surface area contributed by atoms with Gasteiger partial charge in [0.05, 0.1) is 34.4 Å². The van der Waals surface area contributed by atoms with Gasteiger partial charge in [0, 0.05) is 13.0 Å². The highest BCUT2D eigenvalue weighted by Crippen LogP contribution is 2.43. The van der Waals surface area contributed by atoms with Crippen LogP contribution in [0.25, 0.3) is 0 Å². The molecular weight excluding hydrogens is 697 g/mol. The van der Waals surface area contributed by atoms with E-state index in [4.69, 9.17) is 18.5 Å². The van der Waals surface area contributed by atoms with E-state index in [2.05, 4.69) is 74.6 Å². The second-order valence-electron chi connectivity index (χ2n) is 15.3. The molecular formula is C45H83NO7P+. The van der Waals surface area contributed by atoms with Crippen LogP contribution in [0.1, 0.15) is 162 Å². The smallest absolute Gasteiger partial charge is 0.457 e. The highest BCUT2D eigenvalue weighted by molar-refractivity contribution is 7.47. The number of hydrogen-bond donors (Lipinski definition) is 1. The molecule has 0 bridgehead atoms. The molecule has 2 unspecified atom stereocenters. The molecule has 0 aromatic heterocycles. The number of carbonyl (C=O) groups is 1. The minimum absolute atomic E-state index is 0.0818. The molecule has 8 nitrogen and oxygen atoms in total. The quantitative estimate of drug-likeness (QED) is 0.0218. The van der Waals surface area contributed by atoms with Crippen LogP contribution in [0, 0.1) is 0 Å².